The minimum atomic E-state index is -3.54. The summed E-state index contributed by atoms with van der Waals surface area (Å²) in [4.78, 5) is 0.532. The summed E-state index contributed by atoms with van der Waals surface area (Å²) in [6, 6.07) is 13.5. The molecule has 1 aliphatic heterocycles. The van der Waals surface area contributed by atoms with Gasteiger partial charge in [-0.05, 0) is 54.7 Å². The van der Waals surface area contributed by atoms with Crippen molar-refractivity contribution < 1.29 is 16.8 Å². The zero-order valence-electron chi connectivity index (χ0n) is 14.2. The van der Waals surface area contributed by atoms with Crippen molar-refractivity contribution in [3.8, 4) is 0 Å². The van der Waals surface area contributed by atoms with Crippen molar-refractivity contribution in [3.05, 3.63) is 59.7 Å². The quantitative estimate of drug-likeness (QED) is 0.819. The first-order valence-corrected chi connectivity index (χ1v) is 11.4. The first-order valence-electron chi connectivity index (χ1n) is 8.05. The summed E-state index contributed by atoms with van der Waals surface area (Å²) in [5.41, 5.74) is 1.88. The fraction of sp³-hybridized carbons (Fsp3) is 0.333. The van der Waals surface area contributed by atoms with Crippen LogP contribution in [0.1, 0.15) is 23.5 Å². The summed E-state index contributed by atoms with van der Waals surface area (Å²) in [6.07, 6.45) is 1.97. The van der Waals surface area contributed by atoms with Crippen LogP contribution in [0.15, 0.2) is 58.3 Å². The Labute approximate surface area is 149 Å². The average molecular weight is 380 g/mol. The Kier molecular flexibility index (Phi) is 4.74. The Bertz CT molecular complexity index is 983. The number of nitrogens with zero attached hydrogens (tertiary/aromatic N) is 1. The van der Waals surface area contributed by atoms with Crippen LogP contribution in [0.3, 0.4) is 0 Å². The molecule has 1 unspecified atom stereocenters. The van der Waals surface area contributed by atoms with Gasteiger partial charge in [0.25, 0.3) is 0 Å². The predicted molar refractivity (Wildman–Crippen MR) is 96.8 cm³/mol. The van der Waals surface area contributed by atoms with Crippen molar-refractivity contribution >= 4 is 19.9 Å². The summed E-state index contributed by atoms with van der Waals surface area (Å²) in [5.74, 6) is 0.100. The van der Waals surface area contributed by atoms with Crippen LogP contribution in [0.2, 0.25) is 0 Å². The molecule has 1 saturated heterocycles. The van der Waals surface area contributed by atoms with E-state index in [1.165, 1.54) is 10.6 Å². The highest BCUT2D eigenvalue weighted by molar-refractivity contribution is 7.91. The third kappa shape index (κ3) is 3.63. The van der Waals surface area contributed by atoms with Gasteiger partial charge in [-0.2, -0.15) is 0 Å². The number of sulfonamides is 1. The molecule has 3 rings (SSSR count). The maximum Gasteiger partial charge on any atom is 0.211 e. The van der Waals surface area contributed by atoms with E-state index in [9.17, 15) is 16.8 Å². The van der Waals surface area contributed by atoms with Crippen LogP contribution >= 0.6 is 0 Å². The SMILES string of the molecule is Cc1cc(S(=O)(=O)c2ccccc2)ccc1C1CCN(S(C)(=O)=O)C1. The maximum absolute atomic E-state index is 12.7. The molecule has 1 fully saturated rings. The Morgan fingerprint density at radius 3 is 2.20 bits per heavy atom. The highest BCUT2D eigenvalue weighted by Crippen LogP contribution is 2.32. The Hall–Kier alpha value is -1.70. The fourth-order valence-corrected chi connectivity index (χ4v) is 5.55. The standard InChI is InChI=1S/C18H21NO4S2/c1-14-12-17(25(22,23)16-6-4-3-5-7-16)8-9-18(14)15-10-11-19(13-15)24(2,20)21/h3-9,12,15H,10-11,13H2,1-2H3. The van der Waals surface area contributed by atoms with Gasteiger partial charge in [-0.25, -0.2) is 21.1 Å². The Morgan fingerprint density at radius 2 is 1.64 bits per heavy atom. The van der Waals surface area contributed by atoms with Gasteiger partial charge in [-0.15, -0.1) is 0 Å². The molecule has 2 aromatic rings. The van der Waals surface area contributed by atoms with Crippen molar-refractivity contribution in [1.82, 2.24) is 4.31 Å². The van der Waals surface area contributed by atoms with Gasteiger partial charge in [0.15, 0.2) is 0 Å². The minimum absolute atomic E-state index is 0.100. The van der Waals surface area contributed by atoms with Crippen molar-refractivity contribution in [2.75, 3.05) is 19.3 Å². The molecule has 5 nitrogen and oxygen atoms in total. The molecular weight excluding hydrogens is 358 g/mol. The first kappa shape index (κ1) is 18.1. The lowest BCUT2D eigenvalue weighted by molar-refractivity contribution is 0.478. The molecule has 1 atom stereocenters. The van der Waals surface area contributed by atoms with Gasteiger partial charge in [0.1, 0.15) is 0 Å². The number of hydrogen-bond acceptors (Lipinski definition) is 4. The molecule has 7 heteroatoms. The highest BCUT2D eigenvalue weighted by Gasteiger charge is 2.30. The molecule has 25 heavy (non-hydrogen) atoms. The molecule has 0 bridgehead atoms. The molecule has 134 valence electrons. The monoisotopic (exact) mass is 379 g/mol. The molecule has 0 spiro atoms. The van der Waals surface area contributed by atoms with Crippen LogP contribution in [-0.4, -0.2) is 40.5 Å². The van der Waals surface area contributed by atoms with Crippen molar-refractivity contribution in [2.24, 2.45) is 0 Å². The smallest absolute Gasteiger partial charge is 0.211 e. The summed E-state index contributed by atoms with van der Waals surface area (Å²) in [7, 11) is -6.73. The van der Waals surface area contributed by atoms with Gasteiger partial charge in [-0.3, -0.25) is 0 Å². The summed E-state index contributed by atoms with van der Waals surface area (Å²) in [5, 5.41) is 0. The maximum atomic E-state index is 12.7. The van der Waals surface area contributed by atoms with Gasteiger partial charge in [0.2, 0.25) is 19.9 Å². The number of aryl methyl sites for hydroxylation is 1. The number of sulfone groups is 1. The van der Waals surface area contributed by atoms with E-state index in [0.717, 1.165) is 17.5 Å². The second-order valence-electron chi connectivity index (χ2n) is 6.44. The zero-order chi connectivity index (χ0) is 18.2. The zero-order valence-corrected chi connectivity index (χ0v) is 15.8. The van der Waals surface area contributed by atoms with Gasteiger partial charge in [0.05, 0.1) is 16.0 Å². The number of benzene rings is 2. The molecule has 1 heterocycles. The van der Waals surface area contributed by atoms with Gasteiger partial charge >= 0.3 is 0 Å². The number of hydrogen-bond donors (Lipinski definition) is 0. The van der Waals surface area contributed by atoms with Crippen LogP contribution < -0.4 is 0 Å². The third-order valence-electron chi connectivity index (χ3n) is 4.66. The van der Waals surface area contributed by atoms with Crippen LogP contribution in [0, 0.1) is 6.92 Å². The van der Waals surface area contributed by atoms with E-state index < -0.39 is 19.9 Å². The molecule has 0 amide bonds. The first-order chi connectivity index (χ1) is 11.7. The van der Waals surface area contributed by atoms with E-state index in [4.69, 9.17) is 0 Å². The van der Waals surface area contributed by atoms with Crippen molar-refractivity contribution in [2.45, 2.75) is 29.1 Å². The molecule has 1 aliphatic rings. The van der Waals surface area contributed by atoms with Crippen molar-refractivity contribution in [1.29, 1.82) is 0 Å². The summed E-state index contributed by atoms with van der Waals surface area (Å²) in [6.45, 7) is 2.83. The van der Waals surface area contributed by atoms with E-state index in [0.29, 0.717) is 13.1 Å². The van der Waals surface area contributed by atoms with Crippen LogP contribution in [0.5, 0.6) is 0 Å². The molecular formula is C18H21NO4S2. The fourth-order valence-electron chi connectivity index (χ4n) is 3.29. The molecule has 0 aromatic heterocycles. The predicted octanol–water partition coefficient (Wildman–Crippen LogP) is 2.58. The van der Waals surface area contributed by atoms with Crippen LogP contribution in [0.4, 0.5) is 0 Å². The number of rotatable bonds is 4. The summed E-state index contributed by atoms with van der Waals surface area (Å²) >= 11 is 0. The van der Waals surface area contributed by atoms with E-state index in [1.807, 2.05) is 13.0 Å². The molecule has 0 N–H and O–H groups in total. The lowest BCUT2D eigenvalue weighted by Crippen LogP contribution is -2.27. The van der Waals surface area contributed by atoms with Gasteiger partial charge in [-0.1, -0.05) is 24.3 Å². The second-order valence-corrected chi connectivity index (χ2v) is 10.4. The molecule has 0 aliphatic carbocycles. The molecule has 2 aromatic carbocycles. The average Bonchev–Trinajstić information content (AvgIpc) is 3.05. The van der Waals surface area contributed by atoms with Crippen LogP contribution in [0.25, 0.3) is 0 Å². The Morgan fingerprint density at radius 1 is 0.960 bits per heavy atom. The highest BCUT2D eigenvalue weighted by atomic mass is 32.2. The van der Waals surface area contributed by atoms with E-state index in [1.54, 1.807) is 42.5 Å². The van der Waals surface area contributed by atoms with Gasteiger partial charge < -0.3 is 0 Å². The van der Waals surface area contributed by atoms with Crippen LogP contribution in [-0.2, 0) is 19.9 Å². The second kappa shape index (κ2) is 6.55. The largest absolute Gasteiger partial charge is 0.219 e. The molecule has 0 radical (unpaired) electrons. The third-order valence-corrected chi connectivity index (χ3v) is 7.70. The van der Waals surface area contributed by atoms with E-state index in [2.05, 4.69) is 0 Å². The van der Waals surface area contributed by atoms with E-state index in [-0.39, 0.29) is 15.7 Å². The minimum Gasteiger partial charge on any atom is -0.219 e. The lowest BCUT2D eigenvalue weighted by Gasteiger charge is -2.16. The molecule has 0 saturated carbocycles. The Balaban J connectivity index is 1.90. The van der Waals surface area contributed by atoms with E-state index >= 15 is 0 Å². The van der Waals surface area contributed by atoms with Gasteiger partial charge in [0, 0.05) is 13.1 Å². The summed E-state index contributed by atoms with van der Waals surface area (Å²) < 4.78 is 50.3. The topological polar surface area (TPSA) is 71.5 Å². The lowest BCUT2D eigenvalue weighted by atomic mass is 9.94. The van der Waals surface area contributed by atoms with Crippen molar-refractivity contribution in [3.63, 3.8) is 0 Å². The normalized spacial score (nSPS) is 19.2.